The van der Waals surface area contributed by atoms with Crippen LogP contribution in [0.5, 0.6) is 0 Å². The highest BCUT2D eigenvalue weighted by Crippen LogP contribution is 2.23. The first-order valence-electron chi connectivity index (χ1n) is 8.96. The Morgan fingerprint density at radius 3 is 2.59 bits per heavy atom. The maximum absolute atomic E-state index is 12.3. The van der Waals surface area contributed by atoms with Gasteiger partial charge in [0, 0.05) is 36.3 Å². The zero-order chi connectivity index (χ0) is 19.1. The van der Waals surface area contributed by atoms with E-state index in [1.807, 2.05) is 49.8 Å². The fourth-order valence-corrected chi connectivity index (χ4v) is 3.72. The Kier molecular flexibility index (Phi) is 6.68. The van der Waals surface area contributed by atoms with E-state index in [4.69, 9.17) is 0 Å². The van der Waals surface area contributed by atoms with Crippen molar-refractivity contribution in [1.82, 2.24) is 20.2 Å². The molecule has 0 aliphatic heterocycles. The lowest BCUT2D eigenvalue weighted by Gasteiger charge is -2.25. The Bertz CT molecular complexity index is 849. The van der Waals surface area contributed by atoms with E-state index in [2.05, 4.69) is 32.3 Å². The maximum atomic E-state index is 12.3. The van der Waals surface area contributed by atoms with Crippen LogP contribution >= 0.6 is 11.3 Å². The summed E-state index contributed by atoms with van der Waals surface area (Å²) in [5.74, 6) is 0.0521. The maximum Gasteiger partial charge on any atom is 0.220 e. The number of pyridine rings is 1. The number of aryl methyl sites for hydroxylation is 1. The standard InChI is InChI=1S/C21H24N4OS/c1-25(2)19(16-6-4-3-5-7-16)14-23-20(26)9-8-18-15-27-21(24-18)17-10-12-22-13-11-17/h3-7,10-13,15,19H,8-9,14H2,1-2H3,(H,23,26). The predicted octanol–water partition coefficient (Wildman–Crippen LogP) is 3.56. The number of hydrogen-bond donors (Lipinski definition) is 1. The molecule has 2 aromatic heterocycles. The Morgan fingerprint density at radius 2 is 1.89 bits per heavy atom. The van der Waals surface area contributed by atoms with Crippen molar-refractivity contribution in [3.63, 3.8) is 0 Å². The third-order valence-corrected chi connectivity index (χ3v) is 5.33. The molecule has 0 fully saturated rings. The topological polar surface area (TPSA) is 58.1 Å². The number of rotatable bonds is 8. The van der Waals surface area contributed by atoms with Gasteiger partial charge in [0.05, 0.1) is 11.7 Å². The number of nitrogens with one attached hydrogen (secondary N) is 1. The monoisotopic (exact) mass is 380 g/mol. The highest BCUT2D eigenvalue weighted by atomic mass is 32.1. The minimum Gasteiger partial charge on any atom is -0.354 e. The molecule has 0 aliphatic carbocycles. The molecule has 0 saturated heterocycles. The summed E-state index contributed by atoms with van der Waals surface area (Å²) in [7, 11) is 4.06. The van der Waals surface area contributed by atoms with E-state index < -0.39 is 0 Å². The van der Waals surface area contributed by atoms with Gasteiger partial charge in [-0.25, -0.2) is 4.98 Å². The second kappa shape index (κ2) is 9.39. The molecule has 0 radical (unpaired) electrons. The van der Waals surface area contributed by atoms with Gasteiger partial charge in [0.25, 0.3) is 0 Å². The number of nitrogens with zero attached hydrogens (tertiary/aromatic N) is 3. The molecular weight excluding hydrogens is 356 g/mol. The Balaban J connectivity index is 1.50. The van der Waals surface area contributed by atoms with Gasteiger partial charge in [-0.2, -0.15) is 0 Å². The Hall–Kier alpha value is -2.57. The minimum atomic E-state index is 0.0521. The summed E-state index contributed by atoms with van der Waals surface area (Å²) in [6.07, 6.45) is 4.61. The van der Waals surface area contributed by atoms with Gasteiger partial charge in [-0.15, -0.1) is 11.3 Å². The van der Waals surface area contributed by atoms with E-state index >= 15 is 0 Å². The first-order chi connectivity index (χ1) is 13.1. The highest BCUT2D eigenvalue weighted by Gasteiger charge is 2.15. The third kappa shape index (κ3) is 5.45. The van der Waals surface area contributed by atoms with Crippen LogP contribution in [0.3, 0.4) is 0 Å². The fraction of sp³-hybridized carbons (Fsp3) is 0.286. The smallest absolute Gasteiger partial charge is 0.220 e. The molecule has 0 aliphatic rings. The van der Waals surface area contributed by atoms with Crippen LogP contribution in [-0.2, 0) is 11.2 Å². The molecule has 1 N–H and O–H groups in total. The third-order valence-electron chi connectivity index (χ3n) is 4.39. The minimum absolute atomic E-state index is 0.0521. The molecule has 1 atom stereocenters. The van der Waals surface area contributed by atoms with Crippen molar-refractivity contribution < 1.29 is 4.79 Å². The summed E-state index contributed by atoms with van der Waals surface area (Å²) >= 11 is 1.60. The highest BCUT2D eigenvalue weighted by molar-refractivity contribution is 7.13. The molecule has 2 heterocycles. The number of carbonyl (C=O) groups is 1. The largest absolute Gasteiger partial charge is 0.354 e. The van der Waals surface area contributed by atoms with E-state index in [1.54, 1.807) is 23.7 Å². The molecule has 140 valence electrons. The number of amides is 1. The van der Waals surface area contributed by atoms with Crippen LogP contribution in [0.2, 0.25) is 0 Å². The van der Waals surface area contributed by atoms with Gasteiger partial charge in [0.2, 0.25) is 5.91 Å². The molecule has 0 saturated carbocycles. The van der Waals surface area contributed by atoms with Crippen LogP contribution in [0.1, 0.15) is 23.7 Å². The lowest BCUT2D eigenvalue weighted by Crippen LogP contribution is -2.34. The molecule has 1 aromatic carbocycles. The van der Waals surface area contributed by atoms with Crippen molar-refractivity contribution in [1.29, 1.82) is 0 Å². The normalized spacial score (nSPS) is 12.1. The summed E-state index contributed by atoms with van der Waals surface area (Å²) in [4.78, 5) is 23.1. The van der Waals surface area contributed by atoms with Crippen molar-refractivity contribution in [3.8, 4) is 10.6 Å². The second-order valence-corrected chi connectivity index (χ2v) is 7.43. The van der Waals surface area contributed by atoms with Crippen LogP contribution in [0.25, 0.3) is 10.6 Å². The average Bonchev–Trinajstić information content (AvgIpc) is 3.17. The summed E-state index contributed by atoms with van der Waals surface area (Å²) in [5.41, 5.74) is 3.21. The van der Waals surface area contributed by atoms with E-state index in [9.17, 15) is 4.79 Å². The number of hydrogen-bond acceptors (Lipinski definition) is 5. The van der Waals surface area contributed by atoms with Gasteiger partial charge in [-0.05, 0) is 38.2 Å². The van der Waals surface area contributed by atoms with Crippen molar-refractivity contribution in [2.45, 2.75) is 18.9 Å². The number of thiazole rings is 1. The lowest BCUT2D eigenvalue weighted by molar-refractivity contribution is -0.121. The molecule has 1 unspecified atom stereocenters. The van der Waals surface area contributed by atoms with Gasteiger partial charge in [-0.3, -0.25) is 9.78 Å². The van der Waals surface area contributed by atoms with Crippen molar-refractivity contribution in [2.75, 3.05) is 20.6 Å². The van der Waals surface area contributed by atoms with Crippen LogP contribution in [0, 0.1) is 0 Å². The first kappa shape index (κ1) is 19.2. The summed E-state index contributed by atoms with van der Waals surface area (Å²) in [6.45, 7) is 0.592. The van der Waals surface area contributed by atoms with E-state index in [1.165, 1.54) is 5.56 Å². The van der Waals surface area contributed by atoms with Crippen LogP contribution in [-0.4, -0.2) is 41.4 Å². The van der Waals surface area contributed by atoms with Gasteiger partial charge >= 0.3 is 0 Å². The predicted molar refractivity (Wildman–Crippen MR) is 110 cm³/mol. The molecule has 27 heavy (non-hydrogen) atoms. The number of aromatic nitrogens is 2. The molecule has 1 amide bonds. The van der Waals surface area contributed by atoms with Crippen LogP contribution in [0.15, 0.2) is 60.2 Å². The molecule has 0 spiro atoms. The first-order valence-corrected chi connectivity index (χ1v) is 9.84. The van der Waals surface area contributed by atoms with Crippen molar-refractivity contribution >= 4 is 17.2 Å². The number of carbonyl (C=O) groups excluding carboxylic acids is 1. The molecule has 3 aromatic rings. The zero-order valence-corrected chi connectivity index (χ0v) is 16.4. The van der Waals surface area contributed by atoms with Crippen LogP contribution in [0.4, 0.5) is 0 Å². The fourth-order valence-electron chi connectivity index (χ4n) is 2.86. The van der Waals surface area contributed by atoms with Gasteiger partial charge in [-0.1, -0.05) is 30.3 Å². The zero-order valence-electron chi connectivity index (χ0n) is 15.6. The van der Waals surface area contributed by atoms with E-state index in [0.717, 1.165) is 16.3 Å². The average molecular weight is 381 g/mol. The lowest BCUT2D eigenvalue weighted by atomic mass is 10.1. The molecule has 5 nitrogen and oxygen atoms in total. The van der Waals surface area contributed by atoms with E-state index in [0.29, 0.717) is 19.4 Å². The van der Waals surface area contributed by atoms with Crippen molar-refractivity contribution in [2.24, 2.45) is 0 Å². The van der Waals surface area contributed by atoms with E-state index in [-0.39, 0.29) is 11.9 Å². The Morgan fingerprint density at radius 1 is 1.15 bits per heavy atom. The second-order valence-electron chi connectivity index (χ2n) is 6.57. The molecular formula is C21H24N4OS. The molecule has 3 rings (SSSR count). The van der Waals surface area contributed by atoms with Gasteiger partial charge in [0.1, 0.15) is 5.01 Å². The van der Waals surface area contributed by atoms with Gasteiger partial charge < -0.3 is 10.2 Å². The molecule has 0 bridgehead atoms. The number of benzene rings is 1. The summed E-state index contributed by atoms with van der Waals surface area (Å²) in [6, 6.07) is 14.3. The summed E-state index contributed by atoms with van der Waals surface area (Å²) in [5, 5.41) is 6.04. The SMILES string of the molecule is CN(C)C(CNC(=O)CCc1csc(-c2ccncc2)n1)c1ccccc1. The van der Waals surface area contributed by atoms with Gasteiger partial charge in [0.15, 0.2) is 0 Å². The van der Waals surface area contributed by atoms with Crippen LogP contribution < -0.4 is 5.32 Å². The summed E-state index contributed by atoms with van der Waals surface area (Å²) < 4.78 is 0. The number of likely N-dealkylation sites (N-methyl/N-ethyl adjacent to an activating group) is 1. The molecule has 6 heteroatoms. The Labute approximate surface area is 164 Å². The van der Waals surface area contributed by atoms with Crippen molar-refractivity contribution in [3.05, 3.63) is 71.5 Å². The quantitative estimate of drug-likeness (QED) is 0.649.